The summed E-state index contributed by atoms with van der Waals surface area (Å²) in [5, 5.41) is 8.36. The highest BCUT2D eigenvalue weighted by atomic mass is 19.4. The molecule has 0 aromatic carbocycles. The number of nitriles is 1. The fourth-order valence-electron chi connectivity index (χ4n) is 1.31. The smallest absolute Gasteiger partial charge is 0.383 e. The maximum absolute atomic E-state index is 12.5. The molecule has 0 spiro atoms. The molecule has 92 valence electrons. The standard InChI is InChI=1S/C9H6F5N3/c10-7(11)5-3-4(1-2-15)6(8(16)17-5)9(12,13)14/h3,7H,1H2,(H2,16,17). The molecule has 0 bridgehead atoms. The average Bonchev–Trinajstić information content (AvgIpc) is 2.14. The van der Waals surface area contributed by atoms with E-state index in [0.717, 1.165) is 0 Å². The fourth-order valence-corrected chi connectivity index (χ4v) is 1.31. The highest BCUT2D eigenvalue weighted by Crippen LogP contribution is 2.37. The molecule has 0 aliphatic carbocycles. The molecule has 1 aromatic rings. The lowest BCUT2D eigenvalue weighted by atomic mass is 10.0. The van der Waals surface area contributed by atoms with Crippen LogP contribution in [0.1, 0.15) is 23.2 Å². The summed E-state index contributed by atoms with van der Waals surface area (Å²) in [6.45, 7) is 0. The molecule has 0 unspecified atom stereocenters. The SMILES string of the molecule is N#CCc1cc(C(F)F)nc(N)c1C(F)(F)F. The number of hydrogen-bond acceptors (Lipinski definition) is 3. The van der Waals surface area contributed by atoms with Gasteiger partial charge in [-0.15, -0.1) is 0 Å². The molecule has 2 N–H and O–H groups in total. The molecule has 0 saturated heterocycles. The number of aromatic nitrogens is 1. The van der Waals surface area contributed by atoms with Crippen LogP contribution in [0.3, 0.4) is 0 Å². The highest BCUT2D eigenvalue weighted by molar-refractivity contribution is 5.49. The number of pyridine rings is 1. The second kappa shape index (κ2) is 4.53. The van der Waals surface area contributed by atoms with Crippen molar-refractivity contribution in [2.45, 2.75) is 19.0 Å². The number of rotatable bonds is 2. The first-order valence-electron chi connectivity index (χ1n) is 4.29. The number of nitrogens with zero attached hydrogens (tertiary/aromatic N) is 2. The van der Waals surface area contributed by atoms with Crippen molar-refractivity contribution in [1.82, 2.24) is 4.98 Å². The van der Waals surface area contributed by atoms with Crippen molar-refractivity contribution in [2.24, 2.45) is 0 Å². The summed E-state index contributed by atoms with van der Waals surface area (Å²) in [5.41, 5.74) is 2.20. The van der Waals surface area contributed by atoms with Crippen LogP contribution in [0.2, 0.25) is 0 Å². The summed E-state index contributed by atoms with van der Waals surface area (Å²) in [6.07, 6.45) is -8.54. The van der Waals surface area contributed by atoms with Gasteiger partial charge in [0, 0.05) is 0 Å². The number of alkyl halides is 5. The molecule has 1 heterocycles. The van der Waals surface area contributed by atoms with E-state index < -0.39 is 41.7 Å². The first-order valence-corrected chi connectivity index (χ1v) is 4.29. The van der Waals surface area contributed by atoms with Gasteiger partial charge in [-0.2, -0.15) is 18.4 Å². The Morgan fingerprint density at radius 3 is 2.41 bits per heavy atom. The van der Waals surface area contributed by atoms with Crippen LogP contribution in [0.15, 0.2) is 6.07 Å². The minimum absolute atomic E-state index is 0.549. The van der Waals surface area contributed by atoms with Gasteiger partial charge in [0.05, 0.1) is 12.5 Å². The maximum atomic E-state index is 12.5. The number of anilines is 1. The molecule has 0 atom stereocenters. The van der Waals surface area contributed by atoms with Gasteiger partial charge in [-0.05, 0) is 11.6 Å². The molecule has 17 heavy (non-hydrogen) atoms. The Kier molecular flexibility index (Phi) is 3.50. The molecule has 0 radical (unpaired) electrons. The fraction of sp³-hybridized carbons (Fsp3) is 0.333. The summed E-state index contributed by atoms with van der Waals surface area (Å²) in [5.74, 6) is -1.04. The Balaban J connectivity index is 3.45. The van der Waals surface area contributed by atoms with Crippen molar-refractivity contribution in [1.29, 1.82) is 5.26 Å². The van der Waals surface area contributed by atoms with Crippen LogP contribution in [0, 0.1) is 11.3 Å². The summed E-state index contributed by atoms with van der Waals surface area (Å²) in [6, 6.07) is 2.01. The second-order valence-electron chi connectivity index (χ2n) is 3.10. The third kappa shape index (κ3) is 2.81. The monoisotopic (exact) mass is 251 g/mol. The van der Waals surface area contributed by atoms with Crippen LogP contribution in [-0.2, 0) is 12.6 Å². The predicted octanol–water partition coefficient (Wildman–Crippen LogP) is 2.69. The van der Waals surface area contributed by atoms with E-state index in [1.165, 1.54) is 6.07 Å². The molecule has 0 aliphatic heterocycles. The molecule has 1 aromatic heterocycles. The molecule has 8 heteroatoms. The molecular weight excluding hydrogens is 245 g/mol. The molecule has 0 amide bonds. The Morgan fingerprint density at radius 1 is 1.41 bits per heavy atom. The topological polar surface area (TPSA) is 62.7 Å². The lowest BCUT2D eigenvalue weighted by Gasteiger charge is -2.14. The highest BCUT2D eigenvalue weighted by Gasteiger charge is 2.37. The summed E-state index contributed by atoms with van der Waals surface area (Å²) in [7, 11) is 0. The zero-order chi connectivity index (χ0) is 13.2. The minimum Gasteiger partial charge on any atom is -0.383 e. The van der Waals surface area contributed by atoms with Gasteiger partial charge >= 0.3 is 6.18 Å². The zero-order valence-electron chi connectivity index (χ0n) is 8.22. The van der Waals surface area contributed by atoms with Crippen molar-refractivity contribution >= 4 is 5.82 Å². The van der Waals surface area contributed by atoms with Gasteiger partial charge in [0.2, 0.25) is 0 Å². The molecule has 0 saturated carbocycles. The van der Waals surface area contributed by atoms with Gasteiger partial charge in [0.1, 0.15) is 17.1 Å². The lowest BCUT2D eigenvalue weighted by molar-refractivity contribution is -0.137. The van der Waals surface area contributed by atoms with Crippen LogP contribution in [0.5, 0.6) is 0 Å². The van der Waals surface area contributed by atoms with Gasteiger partial charge < -0.3 is 5.73 Å². The van der Waals surface area contributed by atoms with Gasteiger partial charge in [0.15, 0.2) is 0 Å². The van der Waals surface area contributed by atoms with Crippen molar-refractivity contribution in [3.63, 3.8) is 0 Å². The minimum atomic E-state index is -4.83. The lowest BCUT2D eigenvalue weighted by Crippen LogP contribution is -2.15. The Labute approximate surface area is 92.7 Å². The zero-order valence-corrected chi connectivity index (χ0v) is 8.22. The maximum Gasteiger partial charge on any atom is 0.420 e. The van der Waals surface area contributed by atoms with Gasteiger partial charge in [-0.25, -0.2) is 13.8 Å². The normalized spacial score (nSPS) is 11.6. The van der Waals surface area contributed by atoms with Gasteiger partial charge in [0.25, 0.3) is 6.43 Å². The largest absolute Gasteiger partial charge is 0.420 e. The quantitative estimate of drug-likeness (QED) is 0.822. The molecule has 3 nitrogen and oxygen atoms in total. The van der Waals surface area contributed by atoms with E-state index in [1.54, 1.807) is 0 Å². The van der Waals surface area contributed by atoms with E-state index in [-0.39, 0.29) is 0 Å². The summed E-state index contributed by atoms with van der Waals surface area (Å²) < 4.78 is 62.3. The van der Waals surface area contributed by atoms with Crippen LogP contribution in [0.4, 0.5) is 27.8 Å². The molecule has 1 rings (SSSR count). The first kappa shape index (κ1) is 13.2. The number of halogens is 5. The summed E-state index contributed by atoms with van der Waals surface area (Å²) >= 11 is 0. The van der Waals surface area contributed by atoms with Gasteiger partial charge in [-0.3, -0.25) is 0 Å². The number of hydrogen-bond donors (Lipinski definition) is 1. The first-order chi connectivity index (χ1) is 7.77. The Morgan fingerprint density at radius 2 is 2.00 bits per heavy atom. The van der Waals surface area contributed by atoms with E-state index in [2.05, 4.69) is 4.98 Å². The predicted molar refractivity (Wildman–Crippen MR) is 47.9 cm³/mol. The van der Waals surface area contributed by atoms with E-state index in [0.29, 0.717) is 6.07 Å². The third-order valence-electron chi connectivity index (χ3n) is 1.93. The molecule has 0 fully saturated rings. The molecular formula is C9H6F5N3. The summed E-state index contributed by atoms with van der Waals surface area (Å²) in [4.78, 5) is 2.98. The Bertz CT molecular complexity index is 461. The average molecular weight is 251 g/mol. The van der Waals surface area contributed by atoms with E-state index >= 15 is 0 Å². The van der Waals surface area contributed by atoms with Crippen molar-refractivity contribution in [2.75, 3.05) is 5.73 Å². The van der Waals surface area contributed by atoms with E-state index in [9.17, 15) is 22.0 Å². The van der Waals surface area contributed by atoms with Crippen LogP contribution < -0.4 is 5.73 Å². The van der Waals surface area contributed by atoms with E-state index in [1.807, 2.05) is 0 Å². The molecule has 0 aliphatic rings. The van der Waals surface area contributed by atoms with Crippen molar-refractivity contribution < 1.29 is 22.0 Å². The van der Waals surface area contributed by atoms with Gasteiger partial charge in [-0.1, -0.05) is 0 Å². The van der Waals surface area contributed by atoms with Crippen LogP contribution in [0.25, 0.3) is 0 Å². The van der Waals surface area contributed by atoms with E-state index in [4.69, 9.17) is 11.0 Å². The Hall–Kier alpha value is -1.91. The number of nitrogen functional groups attached to an aromatic ring is 1. The second-order valence-corrected chi connectivity index (χ2v) is 3.10. The van der Waals surface area contributed by atoms with Crippen molar-refractivity contribution in [3.05, 3.63) is 22.9 Å². The third-order valence-corrected chi connectivity index (χ3v) is 1.93. The van der Waals surface area contributed by atoms with Crippen LogP contribution in [-0.4, -0.2) is 4.98 Å². The number of nitrogens with two attached hydrogens (primary N) is 1. The van der Waals surface area contributed by atoms with Crippen LogP contribution >= 0.6 is 0 Å². The van der Waals surface area contributed by atoms with Crippen molar-refractivity contribution in [3.8, 4) is 6.07 Å².